The maximum atomic E-state index is 5.48. The number of allylic oxidation sites excluding steroid dienone is 1. The van der Waals surface area contributed by atoms with E-state index < -0.39 is 0 Å². The van der Waals surface area contributed by atoms with Crippen molar-refractivity contribution in [1.29, 1.82) is 0 Å². The van der Waals surface area contributed by atoms with Crippen molar-refractivity contribution in [3.63, 3.8) is 0 Å². The molecule has 0 saturated heterocycles. The third kappa shape index (κ3) is 11.8. The summed E-state index contributed by atoms with van der Waals surface area (Å²) in [4.78, 5) is 8.87. The molecule has 1 aromatic carbocycles. The summed E-state index contributed by atoms with van der Waals surface area (Å²) >= 11 is 5.37. The predicted molar refractivity (Wildman–Crippen MR) is 205 cm³/mol. The van der Waals surface area contributed by atoms with Crippen LogP contribution < -0.4 is 4.90 Å². The zero-order valence-corrected chi connectivity index (χ0v) is 34.0. The number of hydrogen-bond donors (Lipinski definition) is 0. The number of hydrogen-bond acceptors (Lipinski definition) is 3. The standard InChI is InChI=1S/C35H57N2.C5H4ClN.2ClH.Pd/c1-9-26(10-2)30-19-17-20-31(27(11-3)12-4)34(30)36-23-24-37(25-36)35-32(28(13-5)14-6)21-18-22-33(35)29(15-7)16-8;6-5-2-1-3-7-4-5;;;/h17,19-21,23-29,33,35H,9-16,18,22H2,1-8H3;1-4H;2*1H;/q-1;;;;+2/p-2/t33-,35-;;;;/m0..../s1. The van der Waals surface area contributed by atoms with Gasteiger partial charge in [0.1, 0.15) is 0 Å². The van der Waals surface area contributed by atoms with E-state index in [1.54, 1.807) is 30.1 Å². The van der Waals surface area contributed by atoms with Crippen LogP contribution in [0.15, 0.2) is 66.8 Å². The Labute approximate surface area is 310 Å². The van der Waals surface area contributed by atoms with Gasteiger partial charge in [0.15, 0.2) is 0 Å². The van der Waals surface area contributed by atoms with Crippen LogP contribution in [0.3, 0.4) is 0 Å². The molecule has 0 saturated carbocycles. The summed E-state index contributed by atoms with van der Waals surface area (Å²) in [6, 6.07) is 11.2. The van der Waals surface area contributed by atoms with E-state index in [9.17, 15) is 0 Å². The molecule has 47 heavy (non-hydrogen) atoms. The minimum atomic E-state index is -0.106. The van der Waals surface area contributed by atoms with Gasteiger partial charge in [-0.2, -0.15) is 6.67 Å². The van der Waals surface area contributed by atoms with Crippen molar-refractivity contribution in [3.05, 3.63) is 89.6 Å². The van der Waals surface area contributed by atoms with Gasteiger partial charge in [0.2, 0.25) is 0 Å². The molecule has 1 aliphatic heterocycles. The van der Waals surface area contributed by atoms with E-state index in [1.807, 2.05) is 0 Å². The van der Waals surface area contributed by atoms with Gasteiger partial charge in [0.05, 0.1) is 5.02 Å². The van der Waals surface area contributed by atoms with Gasteiger partial charge < -0.3 is 9.80 Å². The molecule has 2 aromatic rings. The van der Waals surface area contributed by atoms with Crippen molar-refractivity contribution >= 4 is 36.3 Å². The third-order valence-electron chi connectivity index (χ3n) is 10.5. The van der Waals surface area contributed by atoms with Crippen molar-refractivity contribution in [1.82, 2.24) is 9.88 Å². The summed E-state index contributed by atoms with van der Waals surface area (Å²) in [5.41, 5.74) is 6.25. The number of pyridine rings is 1. The molecule has 7 heteroatoms. The predicted octanol–water partition coefficient (Wildman–Crippen LogP) is 13.9. The zero-order chi connectivity index (χ0) is 34.8. The summed E-state index contributed by atoms with van der Waals surface area (Å²) in [5.74, 6) is 3.41. The zero-order valence-electron chi connectivity index (χ0n) is 30.2. The SMILES string of the molecule is CCC(CC)C1=CCC[C@@H](C(CC)CC)[C@H]1N1C=CN(c2c(C(CC)CC)cccc2C(CC)CC)[CH-]1.Clc1cccnc1.[Cl][Pd][Cl]. The average molecular weight is 797 g/mol. The summed E-state index contributed by atoms with van der Waals surface area (Å²) in [6.45, 7) is 21.5. The first kappa shape index (κ1) is 42.2. The second kappa shape index (κ2) is 23.4. The molecule has 2 aliphatic rings. The number of halogens is 3. The molecule has 0 bridgehead atoms. The molecular formula is C40H61Cl3N3Pd-. The van der Waals surface area contributed by atoms with E-state index in [2.05, 4.69) is 114 Å². The molecule has 1 aromatic heterocycles. The fourth-order valence-corrected chi connectivity index (χ4v) is 8.05. The molecule has 0 amide bonds. The van der Waals surface area contributed by atoms with Crippen molar-refractivity contribution in [3.8, 4) is 0 Å². The summed E-state index contributed by atoms with van der Waals surface area (Å²) in [5, 5.41) is 0.683. The Kier molecular flexibility index (Phi) is 21.0. The van der Waals surface area contributed by atoms with Gasteiger partial charge >= 0.3 is 35.0 Å². The fourth-order valence-electron chi connectivity index (χ4n) is 7.92. The summed E-state index contributed by atoms with van der Waals surface area (Å²) in [6.07, 6.45) is 23.1. The van der Waals surface area contributed by atoms with Crippen molar-refractivity contribution in [2.24, 2.45) is 17.8 Å². The van der Waals surface area contributed by atoms with E-state index in [0.717, 1.165) is 11.8 Å². The van der Waals surface area contributed by atoms with Crippen LogP contribution in [0.4, 0.5) is 5.69 Å². The van der Waals surface area contributed by atoms with Crippen LogP contribution in [0.5, 0.6) is 0 Å². The molecule has 0 fully saturated rings. The minimum absolute atomic E-state index is 0.106. The van der Waals surface area contributed by atoms with Gasteiger partial charge in [0.25, 0.3) is 0 Å². The van der Waals surface area contributed by atoms with E-state index in [1.165, 1.54) is 81.0 Å². The number of rotatable bonds is 14. The topological polar surface area (TPSA) is 19.4 Å². The molecular weight excluding hydrogens is 735 g/mol. The molecule has 0 unspecified atom stereocenters. The van der Waals surface area contributed by atoms with Crippen LogP contribution in [0.2, 0.25) is 5.02 Å². The van der Waals surface area contributed by atoms with Gasteiger partial charge in [-0.25, -0.2) is 0 Å². The molecule has 2 atom stereocenters. The normalized spacial score (nSPS) is 17.7. The first-order valence-electron chi connectivity index (χ1n) is 18.1. The van der Waals surface area contributed by atoms with Crippen LogP contribution in [0.1, 0.15) is 143 Å². The van der Waals surface area contributed by atoms with E-state index >= 15 is 0 Å². The monoisotopic (exact) mass is 794 g/mol. The first-order chi connectivity index (χ1) is 22.8. The van der Waals surface area contributed by atoms with Gasteiger partial charge in [-0.05, 0) is 117 Å². The Morgan fingerprint density at radius 3 is 1.77 bits per heavy atom. The quantitative estimate of drug-likeness (QED) is 0.108. The number of nitrogens with zero attached hydrogens (tertiary/aromatic N) is 3. The number of aromatic nitrogens is 1. The summed E-state index contributed by atoms with van der Waals surface area (Å²) in [7, 11) is 9.63. The number of anilines is 1. The Hall–Kier alpha value is -1.02. The molecule has 0 radical (unpaired) electrons. The number of benzene rings is 1. The van der Waals surface area contributed by atoms with Crippen molar-refractivity contribution in [2.75, 3.05) is 4.90 Å². The van der Waals surface area contributed by atoms with Crippen LogP contribution in [0.25, 0.3) is 0 Å². The van der Waals surface area contributed by atoms with Crippen molar-refractivity contribution < 1.29 is 15.9 Å². The molecule has 268 valence electrons. The van der Waals surface area contributed by atoms with E-state index in [0.29, 0.717) is 28.8 Å². The van der Waals surface area contributed by atoms with Crippen molar-refractivity contribution in [2.45, 2.75) is 137 Å². The Bertz CT molecular complexity index is 1140. The second-order valence-electron chi connectivity index (χ2n) is 12.8. The Morgan fingerprint density at radius 2 is 1.34 bits per heavy atom. The van der Waals surface area contributed by atoms with Gasteiger partial charge in [-0.1, -0.05) is 110 Å². The van der Waals surface area contributed by atoms with Gasteiger partial charge in [0, 0.05) is 24.1 Å². The second-order valence-corrected chi connectivity index (χ2v) is 15.6. The molecule has 2 heterocycles. The Morgan fingerprint density at radius 1 is 0.787 bits per heavy atom. The van der Waals surface area contributed by atoms with Crippen LogP contribution >= 0.6 is 30.7 Å². The van der Waals surface area contributed by atoms with Crippen LogP contribution in [-0.2, 0) is 15.9 Å². The van der Waals surface area contributed by atoms with E-state index in [-0.39, 0.29) is 15.9 Å². The Balaban J connectivity index is 0.000000659. The molecule has 3 nitrogen and oxygen atoms in total. The summed E-state index contributed by atoms with van der Waals surface area (Å²) < 4.78 is 0. The third-order valence-corrected chi connectivity index (χ3v) is 10.8. The first-order valence-corrected chi connectivity index (χ1v) is 22.5. The maximum absolute atomic E-state index is 5.48. The average Bonchev–Trinajstić information content (AvgIpc) is 3.58. The van der Waals surface area contributed by atoms with E-state index in [4.69, 9.17) is 30.7 Å². The van der Waals surface area contributed by atoms with Gasteiger partial charge in [-0.3, -0.25) is 4.98 Å². The van der Waals surface area contributed by atoms with Gasteiger partial charge in [-0.15, -0.1) is 0 Å². The number of para-hydroxylation sites is 1. The molecule has 4 rings (SSSR count). The fraction of sp³-hybridized carbons (Fsp3) is 0.600. The molecule has 0 spiro atoms. The molecule has 1 aliphatic carbocycles. The van der Waals surface area contributed by atoms with Crippen LogP contribution in [-0.4, -0.2) is 15.9 Å². The molecule has 0 N–H and O–H groups in total. The van der Waals surface area contributed by atoms with Crippen LogP contribution in [0, 0.1) is 24.4 Å².